The van der Waals surface area contributed by atoms with Crippen LogP contribution in [0.5, 0.6) is 0 Å². The van der Waals surface area contributed by atoms with Crippen LogP contribution in [0.1, 0.15) is 17.8 Å². The molecule has 2 aromatic rings. The Labute approximate surface area is 103 Å². The quantitative estimate of drug-likeness (QED) is 0.842. The first-order chi connectivity index (χ1) is 8.28. The monoisotopic (exact) mass is 250 g/mol. The first kappa shape index (κ1) is 11.8. The van der Waals surface area contributed by atoms with Crippen molar-refractivity contribution >= 4 is 17.2 Å². The second-order valence-electron chi connectivity index (χ2n) is 3.53. The van der Waals surface area contributed by atoms with Crippen LogP contribution in [0.25, 0.3) is 0 Å². The first-order valence-corrected chi connectivity index (χ1v) is 6.38. The minimum Gasteiger partial charge on any atom is -0.369 e. The van der Waals surface area contributed by atoms with Crippen molar-refractivity contribution in [2.45, 2.75) is 19.8 Å². The number of H-pyrrole nitrogens is 1. The van der Waals surface area contributed by atoms with Crippen LogP contribution < -0.4 is 10.9 Å². The van der Waals surface area contributed by atoms with Crippen molar-refractivity contribution in [3.63, 3.8) is 0 Å². The van der Waals surface area contributed by atoms with Crippen LogP contribution in [-0.4, -0.2) is 21.5 Å². The van der Waals surface area contributed by atoms with E-state index in [1.807, 2.05) is 12.3 Å². The average Bonchev–Trinajstić information content (AvgIpc) is 2.81. The molecule has 2 rings (SSSR count). The van der Waals surface area contributed by atoms with Gasteiger partial charge in [-0.05, 0) is 0 Å². The molecule has 6 heteroatoms. The smallest absolute Gasteiger partial charge is 0.252 e. The molecule has 2 heterocycles. The molecule has 0 atom stereocenters. The largest absolute Gasteiger partial charge is 0.369 e. The highest BCUT2D eigenvalue weighted by Crippen LogP contribution is 2.05. The molecule has 0 bridgehead atoms. The zero-order chi connectivity index (χ0) is 12.1. The van der Waals surface area contributed by atoms with E-state index in [1.165, 1.54) is 6.07 Å². The summed E-state index contributed by atoms with van der Waals surface area (Å²) in [6, 6.07) is 1.47. The minimum atomic E-state index is -0.117. The summed E-state index contributed by atoms with van der Waals surface area (Å²) in [7, 11) is 0. The summed E-state index contributed by atoms with van der Waals surface area (Å²) >= 11 is 1.63. The number of aromatic nitrogens is 3. The van der Waals surface area contributed by atoms with Crippen LogP contribution in [0.4, 0.5) is 5.82 Å². The molecule has 0 fully saturated rings. The molecule has 5 nitrogen and oxygen atoms in total. The lowest BCUT2D eigenvalue weighted by atomic mass is 10.4. The standard InChI is InChI=1S/C11H14N4OS/c1-2-8-14-9(7-10(16)15-8)12-4-3-11-13-5-6-17-11/h5-7H,2-4H2,1H3,(H2,12,14,15,16). The minimum absolute atomic E-state index is 0.117. The van der Waals surface area contributed by atoms with Gasteiger partial charge >= 0.3 is 0 Å². The molecule has 90 valence electrons. The fraction of sp³-hybridized carbons (Fsp3) is 0.364. The van der Waals surface area contributed by atoms with Crippen molar-refractivity contribution < 1.29 is 0 Å². The number of thiazole rings is 1. The number of aryl methyl sites for hydroxylation is 1. The van der Waals surface area contributed by atoms with Crippen molar-refractivity contribution in [1.82, 2.24) is 15.0 Å². The molecule has 0 aliphatic carbocycles. The molecule has 2 N–H and O–H groups in total. The molecule has 0 saturated heterocycles. The highest BCUT2D eigenvalue weighted by atomic mass is 32.1. The van der Waals surface area contributed by atoms with E-state index in [9.17, 15) is 4.79 Å². The third-order valence-corrected chi connectivity index (χ3v) is 3.09. The van der Waals surface area contributed by atoms with E-state index in [0.717, 1.165) is 24.4 Å². The van der Waals surface area contributed by atoms with Crippen LogP contribution in [0.3, 0.4) is 0 Å². The number of anilines is 1. The van der Waals surface area contributed by atoms with E-state index in [2.05, 4.69) is 20.3 Å². The predicted octanol–water partition coefficient (Wildman–Crippen LogP) is 1.44. The Balaban J connectivity index is 1.94. The molecule has 0 aromatic carbocycles. The van der Waals surface area contributed by atoms with Gasteiger partial charge in [-0.25, -0.2) is 9.97 Å². The summed E-state index contributed by atoms with van der Waals surface area (Å²) in [6.07, 6.45) is 3.35. The van der Waals surface area contributed by atoms with Gasteiger partial charge in [0.15, 0.2) is 0 Å². The highest BCUT2D eigenvalue weighted by Gasteiger charge is 2.00. The number of aromatic amines is 1. The number of nitrogens with one attached hydrogen (secondary N) is 2. The lowest BCUT2D eigenvalue weighted by Gasteiger charge is -2.05. The maximum Gasteiger partial charge on any atom is 0.252 e. The Morgan fingerprint density at radius 3 is 3.12 bits per heavy atom. The number of hydrogen-bond acceptors (Lipinski definition) is 5. The summed E-state index contributed by atoms with van der Waals surface area (Å²) in [6.45, 7) is 2.69. The van der Waals surface area contributed by atoms with Gasteiger partial charge in [-0.1, -0.05) is 6.92 Å². The van der Waals surface area contributed by atoms with Gasteiger partial charge in [0.25, 0.3) is 5.56 Å². The number of hydrogen-bond donors (Lipinski definition) is 2. The fourth-order valence-corrected chi connectivity index (χ4v) is 2.06. The SMILES string of the molecule is CCc1nc(NCCc2nccs2)cc(=O)[nH]1. The van der Waals surface area contributed by atoms with E-state index in [0.29, 0.717) is 11.6 Å². The van der Waals surface area contributed by atoms with Crippen molar-refractivity contribution in [1.29, 1.82) is 0 Å². The van der Waals surface area contributed by atoms with E-state index in [4.69, 9.17) is 0 Å². The molecule has 2 aromatic heterocycles. The Hall–Kier alpha value is -1.69. The second kappa shape index (κ2) is 5.58. The van der Waals surface area contributed by atoms with Crippen molar-refractivity contribution in [3.05, 3.63) is 38.8 Å². The van der Waals surface area contributed by atoms with Crippen molar-refractivity contribution in [2.24, 2.45) is 0 Å². The zero-order valence-electron chi connectivity index (χ0n) is 9.56. The highest BCUT2D eigenvalue weighted by molar-refractivity contribution is 7.09. The molecular formula is C11H14N4OS. The molecule has 0 radical (unpaired) electrons. The van der Waals surface area contributed by atoms with Gasteiger partial charge in [0, 0.05) is 37.0 Å². The second-order valence-corrected chi connectivity index (χ2v) is 4.51. The van der Waals surface area contributed by atoms with Crippen LogP contribution in [0, 0.1) is 0 Å². The van der Waals surface area contributed by atoms with E-state index in [-0.39, 0.29) is 5.56 Å². The summed E-state index contributed by atoms with van der Waals surface area (Å²) in [5.74, 6) is 1.33. The Bertz CT molecular complexity index is 521. The predicted molar refractivity (Wildman–Crippen MR) is 68.5 cm³/mol. The third kappa shape index (κ3) is 3.39. The number of rotatable bonds is 5. The van der Waals surface area contributed by atoms with E-state index < -0.39 is 0 Å². The van der Waals surface area contributed by atoms with E-state index in [1.54, 1.807) is 17.5 Å². The average molecular weight is 250 g/mol. The lowest BCUT2D eigenvalue weighted by Crippen LogP contribution is -2.14. The summed E-state index contributed by atoms with van der Waals surface area (Å²) in [5.41, 5.74) is -0.117. The molecule has 0 amide bonds. The van der Waals surface area contributed by atoms with Gasteiger partial charge < -0.3 is 10.3 Å². The Morgan fingerprint density at radius 2 is 2.41 bits per heavy atom. The van der Waals surface area contributed by atoms with Gasteiger partial charge in [-0.2, -0.15) is 0 Å². The summed E-state index contributed by atoms with van der Waals surface area (Å²) in [5, 5.41) is 6.17. The van der Waals surface area contributed by atoms with Gasteiger partial charge in [-0.3, -0.25) is 4.79 Å². The van der Waals surface area contributed by atoms with Gasteiger partial charge in [0.2, 0.25) is 0 Å². The Morgan fingerprint density at radius 1 is 1.53 bits per heavy atom. The normalized spacial score (nSPS) is 10.4. The van der Waals surface area contributed by atoms with Crippen LogP contribution in [-0.2, 0) is 12.8 Å². The third-order valence-electron chi connectivity index (χ3n) is 2.25. The molecule has 17 heavy (non-hydrogen) atoms. The van der Waals surface area contributed by atoms with Crippen molar-refractivity contribution in [2.75, 3.05) is 11.9 Å². The maximum absolute atomic E-state index is 11.3. The van der Waals surface area contributed by atoms with Crippen molar-refractivity contribution in [3.8, 4) is 0 Å². The van der Waals surface area contributed by atoms with Gasteiger partial charge in [-0.15, -0.1) is 11.3 Å². The molecule has 0 spiro atoms. The van der Waals surface area contributed by atoms with Crippen LogP contribution in [0.2, 0.25) is 0 Å². The molecule has 0 aliphatic rings. The van der Waals surface area contributed by atoms with Gasteiger partial charge in [0.1, 0.15) is 11.6 Å². The zero-order valence-corrected chi connectivity index (χ0v) is 10.4. The van der Waals surface area contributed by atoms with Gasteiger partial charge in [0.05, 0.1) is 5.01 Å². The molecule has 0 aliphatic heterocycles. The van der Waals surface area contributed by atoms with E-state index >= 15 is 0 Å². The Kier molecular flexibility index (Phi) is 3.87. The maximum atomic E-state index is 11.3. The number of nitrogens with zero attached hydrogens (tertiary/aromatic N) is 2. The topological polar surface area (TPSA) is 70.7 Å². The van der Waals surface area contributed by atoms with Crippen LogP contribution in [0.15, 0.2) is 22.4 Å². The molecule has 0 unspecified atom stereocenters. The first-order valence-electron chi connectivity index (χ1n) is 5.50. The lowest BCUT2D eigenvalue weighted by molar-refractivity contribution is 0.907. The summed E-state index contributed by atoms with van der Waals surface area (Å²) in [4.78, 5) is 22.5. The summed E-state index contributed by atoms with van der Waals surface area (Å²) < 4.78 is 0. The molecule has 0 saturated carbocycles. The molecular weight excluding hydrogens is 236 g/mol. The fourth-order valence-electron chi connectivity index (χ4n) is 1.44. The van der Waals surface area contributed by atoms with Crippen LogP contribution >= 0.6 is 11.3 Å².